The topological polar surface area (TPSA) is 152 Å². The Kier molecular flexibility index (Phi) is 23.4. The van der Waals surface area contributed by atoms with E-state index in [9.17, 15) is 29.2 Å². The monoisotopic (exact) mass is 637 g/mol. The van der Waals surface area contributed by atoms with E-state index >= 15 is 0 Å². The van der Waals surface area contributed by atoms with Gasteiger partial charge in [-0.25, -0.2) is 4.57 Å². The van der Waals surface area contributed by atoms with Gasteiger partial charge < -0.3 is 18.9 Å². The number of nitro groups is 1. The number of rotatable bonds is 28. The van der Waals surface area contributed by atoms with Crippen LogP contribution in [0.4, 0.5) is 0 Å². The summed E-state index contributed by atoms with van der Waals surface area (Å²) in [6.45, 7) is 3.30. The zero-order valence-electron chi connectivity index (χ0n) is 27.3. The maximum atomic E-state index is 12.5. The molecule has 2 atom stereocenters. The number of esters is 2. The van der Waals surface area contributed by atoms with E-state index in [0.717, 1.165) is 19.3 Å². The van der Waals surface area contributed by atoms with Gasteiger partial charge in [0, 0.05) is 6.42 Å². The van der Waals surface area contributed by atoms with E-state index in [4.69, 9.17) is 18.5 Å². The first-order valence-electron chi connectivity index (χ1n) is 15.9. The van der Waals surface area contributed by atoms with Crippen molar-refractivity contribution in [1.82, 2.24) is 0 Å². The van der Waals surface area contributed by atoms with Gasteiger partial charge in [0.15, 0.2) is 6.10 Å². The highest BCUT2D eigenvalue weighted by atomic mass is 31.2. The Morgan fingerprint density at radius 2 is 1.40 bits per heavy atom. The van der Waals surface area contributed by atoms with Crippen molar-refractivity contribution in [1.29, 1.82) is 0 Å². The Balaban J connectivity index is 4.63. The molecule has 12 nitrogen and oxygen atoms in total. The molecule has 0 fully saturated rings. The number of ether oxygens (including phenoxy) is 2. The van der Waals surface area contributed by atoms with Crippen LogP contribution in [0.25, 0.3) is 0 Å². The lowest BCUT2D eigenvalue weighted by molar-refractivity contribution is -0.870. The number of hydrogen-bond donors (Lipinski definition) is 1. The molecule has 0 aromatic carbocycles. The van der Waals surface area contributed by atoms with Gasteiger partial charge in [-0.15, -0.1) is 0 Å². The second-order valence-corrected chi connectivity index (χ2v) is 13.4. The van der Waals surface area contributed by atoms with E-state index < -0.39 is 50.4 Å². The molecule has 0 spiro atoms. The summed E-state index contributed by atoms with van der Waals surface area (Å²) in [5, 5.41) is 11.1. The summed E-state index contributed by atoms with van der Waals surface area (Å²) in [4.78, 5) is 45.1. The molecule has 13 heteroatoms. The average Bonchev–Trinajstić information content (AvgIpc) is 2.91. The third-order valence-electron chi connectivity index (χ3n) is 6.65. The molecule has 0 aliphatic rings. The van der Waals surface area contributed by atoms with Gasteiger partial charge in [-0.2, -0.15) is 0 Å². The third kappa shape index (κ3) is 26.3. The molecular weight excluding hydrogens is 579 g/mol. The number of carbonyl (C=O) groups excluding carboxylic acids is 2. The minimum absolute atomic E-state index is 0.0385. The van der Waals surface area contributed by atoms with E-state index in [1.54, 1.807) is 6.92 Å². The first-order chi connectivity index (χ1) is 20.3. The number of phosphoric acid groups is 1. The van der Waals surface area contributed by atoms with Gasteiger partial charge in [-0.05, 0) is 18.9 Å². The quantitative estimate of drug-likeness (QED) is 0.0244. The molecular formula is C30H58N2O10P+. The fourth-order valence-electron chi connectivity index (χ4n) is 4.12. The fraction of sp³-hybridized carbons (Fsp3) is 0.867. The van der Waals surface area contributed by atoms with Crippen molar-refractivity contribution < 1.29 is 47.0 Å². The smallest absolute Gasteiger partial charge is 0.461 e. The maximum Gasteiger partial charge on any atom is 0.472 e. The molecule has 0 bridgehead atoms. The second kappa shape index (κ2) is 24.5. The Morgan fingerprint density at radius 1 is 0.860 bits per heavy atom. The minimum atomic E-state index is -4.46. The van der Waals surface area contributed by atoms with Crippen LogP contribution < -0.4 is 0 Å². The van der Waals surface area contributed by atoms with Crippen LogP contribution in [0.15, 0.2) is 11.8 Å². The summed E-state index contributed by atoms with van der Waals surface area (Å²) in [6, 6.07) is 0. The molecule has 1 N–H and O–H groups in total. The molecule has 0 rings (SSSR count). The summed E-state index contributed by atoms with van der Waals surface area (Å²) in [5.41, 5.74) is -0.301. The lowest BCUT2D eigenvalue weighted by atomic mass is 10.0. The summed E-state index contributed by atoms with van der Waals surface area (Å²) in [7, 11) is 1.23. The number of phosphoric ester groups is 1. The van der Waals surface area contributed by atoms with Gasteiger partial charge in [0.1, 0.15) is 26.2 Å². The maximum absolute atomic E-state index is 12.5. The van der Waals surface area contributed by atoms with Gasteiger partial charge >= 0.3 is 19.8 Å². The van der Waals surface area contributed by atoms with Crippen molar-refractivity contribution in [3.63, 3.8) is 0 Å². The van der Waals surface area contributed by atoms with Crippen LogP contribution in [0.5, 0.6) is 0 Å². The number of carbonyl (C=O) groups is 2. The van der Waals surface area contributed by atoms with Crippen LogP contribution in [0, 0.1) is 10.1 Å². The predicted molar refractivity (Wildman–Crippen MR) is 166 cm³/mol. The van der Waals surface area contributed by atoms with Gasteiger partial charge in [0.05, 0.1) is 32.7 Å². The number of likely N-dealkylation sites (N-methyl/N-ethyl adjacent to an activating group) is 1. The first-order valence-corrected chi connectivity index (χ1v) is 17.4. The average molecular weight is 638 g/mol. The van der Waals surface area contributed by atoms with E-state index in [1.807, 2.05) is 21.1 Å². The molecule has 0 aromatic heterocycles. The molecule has 0 amide bonds. The number of nitrogens with zero attached hydrogens (tertiary/aromatic N) is 2. The Bertz CT molecular complexity index is 860. The fourth-order valence-corrected chi connectivity index (χ4v) is 4.87. The van der Waals surface area contributed by atoms with E-state index in [-0.39, 0.29) is 18.7 Å². The van der Waals surface area contributed by atoms with Crippen molar-refractivity contribution in [2.45, 2.75) is 123 Å². The lowest BCUT2D eigenvalue weighted by Crippen LogP contribution is -2.37. The molecule has 2 unspecified atom stereocenters. The van der Waals surface area contributed by atoms with Crippen LogP contribution in [-0.4, -0.2) is 79.9 Å². The largest absolute Gasteiger partial charge is 0.472 e. The van der Waals surface area contributed by atoms with Crippen LogP contribution >= 0.6 is 7.82 Å². The number of hydrogen-bond acceptors (Lipinski definition) is 9. The number of quaternary nitrogens is 1. The lowest BCUT2D eigenvalue weighted by Gasteiger charge is -2.24. The molecule has 0 aliphatic heterocycles. The van der Waals surface area contributed by atoms with Gasteiger partial charge in [0.2, 0.25) is 0 Å². The molecule has 0 saturated heterocycles. The highest BCUT2D eigenvalue weighted by molar-refractivity contribution is 7.47. The predicted octanol–water partition coefficient (Wildman–Crippen LogP) is 6.72. The molecule has 0 radical (unpaired) electrons. The molecule has 0 aliphatic carbocycles. The van der Waals surface area contributed by atoms with Crippen molar-refractivity contribution in [3.8, 4) is 0 Å². The van der Waals surface area contributed by atoms with Gasteiger partial charge in [-0.1, -0.05) is 90.9 Å². The summed E-state index contributed by atoms with van der Waals surface area (Å²) < 4.78 is 33.3. The van der Waals surface area contributed by atoms with Gasteiger partial charge in [-0.3, -0.25) is 28.8 Å². The Labute approximate surface area is 258 Å². The van der Waals surface area contributed by atoms with Crippen molar-refractivity contribution in [3.05, 3.63) is 21.9 Å². The number of allylic oxidation sites excluding steroid dienone is 1. The highest BCUT2D eigenvalue weighted by Crippen LogP contribution is 2.43. The van der Waals surface area contributed by atoms with Crippen molar-refractivity contribution >= 4 is 19.8 Å². The molecule has 252 valence electrons. The Hall–Kier alpha value is -1.85. The van der Waals surface area contributed by atoms with Crippen molar-refractivity contribution in [2.75, 3.05) is 47.5 Å². The minimum Gasteiger partial charge on any atom is -0.461 e. The zero-order valence-corrected chi connectivity index (χ0v) is 28.2. The van der Waals surface area contributed by atoms with Gasteiger partial charge in [0.25, 0.3) is 5.70 Å². The zero-order chi connectivity index (χ0) is 32.6. The Morgan fingerprint density at radius 3 is 1.88 bits per heavy atom. The van der Waals surface area contributed by atoms with E-state index in [2.05, 4.69) is 6.92 Å². The summed E-state index contributed by atoms with van der Waals surface area (Å²) in [6.07, 6.45) is 15.3. The molecule has 0 aromatic rings. The van der Waals surface area contributed by atoms with E-state index in [1.165, 1.54) is 63.9 Å². The second-order valence-electron chi connectivity index (χ2n) is 11.9. The van der Waals surface area contributed by atoms with Crippen LogP contribution in [0.2, 0.25) is 0 Å². The first kappa shape index (κ1) is 41.1. The summed E-state index contributed by atoms with van der Waals surface area (Å²) in [5.74, 6) is -1.44. The third-order valence-corrected chi connectivity index (χ3v) is 7.64. The molecule has 43 heavy (non-hydrogen) atoms. The normalized spacial score (nSPS) is 14.2. The van der Waals surface area contributed by atoms with E-state index in [0.29, 0.717) is 23.9 Å². The number of unbranched alkanes of at least 4 members (excludes halogenated alkanes) is 12. The molecule has 0 heterocycles. The van der Waals surface area contributed by atoms with Crippen molar-refractivity contribution in [2.24, 2.45) is 0 Å². The van der Waals surface area contributed by atoms with Crippen LogP contribution in [-0.2, 0) is 32.7 Å². The SMILES string of the molecule is CC/C=C(\CC(=O)OCC(COP(=O)(O)OCC[N+](C)(C)C)OC(=O)CCCCCCCCCCCCCCC)[N+](=O)[O-]. The standard InChI is InChI=1S/C30H57N2O10P/c1-6-8-9-10-11-12-13-14-15-16-17-18-19-21-29(33)42-28(25-39-30(34)24-27(20-7-2)31(35)36)26-41-43(37,38)40-23-22-32(3,4)5/h20,28H,6-19,21-26H2,1-5H3/p+1/b27-20+. The van der Waals surface area contributed by atoms with Crippen LogP contribution in [0.3, 0.4) is 0 Å². The molecule has 0 saturated carbocycles. The van der Waals surface area contributed by atoms with Crippen LogP contribution in [0.1, 0.15) is 117 Å². The summed E-state index contributed by atoms with van der Waals surface area (Å²) >= 11 is 0. The highest BCUT2D eigenvalue weighted by Gasteiger charge is 2.27.